The smallest absolute Gasteiger partial charge is 0.381 e. The number of aliphatic carboxylic acids is 1. The van der Waals surface area contributed by atoms with E-state index >= 15 is 0 Å². The normalized spacial score (nSPS) is 27.5. The van der Waals surface area contributed by atoms with Crippen molar-refractivity contribution >= 4 is 5.97 Å². The molecule has 2 atom stereocenters. The second-order valence-electron chi connectivity index (χ2n) is 3.54. The Kier molecular flexibility index (Phi) is 3.78. The molecule has 0 unspecified atom stereocenters. The summed E-state index contributed by atoms with van der Waals surface area (Å²) in [6, 6.07) is 0. The van der Waals surface area contributed by atoms with Crippen LogP contribution in [0.4, 0.5) is 0 Å². The van der Waals surface area contributed by atoms with Crippen molar-refractivity contribution in [3.05, 3.63) is 0 Å². The molecule has 0 saturated heterocycles. The molecule has 0 bridgehead atoms. The minimum atomic E-state index is -1.03. The van der Waals surface area contributed by atoms with Gasteiger partial charge in [0, 0.05) is 11.8 Å². The number of nitrogens with two attached hydrogens (primary N) is 1. The van der Waals surface area contributed by atoms with Gasteiger partial charge in [0.05, 0.1) is 0 Å². The van der Waals surface area contributed by atoms with Gasteiger partial charge in [0.25, 0.3) is 0 Å². The van der Waals surface area contributed by atoms with Crippen molar-refractivity contribution in [1.82, 2.24) is 0 Å². The van der Waals surface area contributed by atoms with Gasteiger partial charge in [-0.2, -0.15) is 0 Å². The highest BCUT2D eigenvalue weighted by Crippen LogP contribution is 2.27. The highest BCUT2D eigenvalue weighted by atomic mass is 16.4. The summed E-state index contributed by atoms with van der Waals surface area (Å²) in [6.07, 6.45) is 4.29. The molecule has 0 amide bonds. The molecule has 3 heteroatoms. The molecule has 72 valence electrons. The van der Waals surface area contributed by atoms with Gasteiger partial charge < -0.3 is 10.8 Å². The minimum absolute atomic E-state index is 0.249. The van der Waals surface area contributed by atoms with Crippen molar-refractivity contribution in [3.8, 4) is 11.8 Å². The van der Waals surface area contributed by atoms with Crippen LogP contribution in [0.2, 0.25) is 0 Å². The number of carbonyl (C=O) groups is 1. The Bertz CT molecular complexity index is 239. The molecule has 1 saturated carbocycles. The fourth-order valence-corrected chi connectivity index (χ4v) is 1.80. The second-order valence-corrected chi connectivity index (χ2v) is 3.54. The van der Waals surface area contributed by atoms with Crippen LogP contribution in [-0.2, 0) is 4.79 Å². The van der Waals surface area contributed by atoms with E-state index in [9.17, 15) is 4.79 Å². The molecule has 0 aromatic carbocycles. The van der Waals surface area contributed by atoms with E-state index in [0.717, 1.165) is 19.3 Å². The van der Waals surface area contributed by atoms with Gasteiger partial charge in [-0.25, -0.2) is 4.79 Å². The van der Waals surface area contributed by atoms with Crippen LogP contribution in [0, 0.1) is 23.7 Å². The Balaban J connectivity index is 2.44. The number of hydrogen-bond donors (Lipinski definition) is 2. The molecule has 1 fully saturated rings. The lowest BCUT2D eigenvalue weighted by atomic mass is 9.82. The largest absolute Gasteiger partial charge is 0.472 e. The van der Waals surface area contributed by atoms with Crippen LogP contribution in [-0.4, -0.2) is 17.6 Å². The first-order valence-corrected chi connectivity index (χ1v) is 4.67. The van der Waals surface area contributed by atoms with Gasteiger partial charge in [-0.1, -0.05) is 12.3 Å². The van der Waals surface area contributed by atoms with Crippen LogP contribution >= 0.6 is 0 Å². The standard InChI is InChI=1S/C10H15NO2/c11-7-9-3-1-2-8(6-9)4-5-10(12)13/h8-9H,1-3,6-7,11H2,(H,12,13)/t8-,9-/m1/s1. The minimum Gasteiger partial charge on any atom is -0.472 e. The molecule has 3 nitrogen and oxygen atoms in total. The van der Waals surface area contributed by atoms with E-state index in [4.69, 9.17) is 10.8 Å². The van der Waals surface area contributed by atoms with E-state index in [-0.39, 0.29) is 5.92 Å². The van der Waals surface area contributed by atoms with Crippen molar-refractivity contribution < 1.29 is 9.90 Å². The molecule has 0 aromatic heterocycles. The van der Waals surface area contributed by atoms with Gasteiger partial charge in [0.1, 0.15) is 0 Å². The van der Waals surface area contributed by atoms with E-state index in [2.05, 4.69) is 11.8 Å². The predicted octanol–water partition coefficient (Wildman–Crippen LogP) is 0.840. The molecule has 1 aliphatic rings. The topological polar surface area (TPSA) is 63.3 Å². The number of carboxylic acids is 1. The van der Waals surface area contributed by atoms with E-state index in [1.807, 2.05) is 0 Å². The van der Waals surface area contributed by atoms with Crippen LogP contribution in [0.15, 0.2) is 0 Å². The molecule has 0 spiro atoms. The average Bonchev–Trinajstić information content (AvgIpc) is 2.15. The fraction of sp³-hybridized carbons (Fsp3) is 0.700. The van der Waals surface area contributed by atoms with Crippen molar-refractivity contribution in [2.45, 2.75) is 25.7 Å². The average molecular weight is 181 g/mol. The van der Waals surface area contributed by atoms with Crippen LogP contribution in [0.3, 0.4) is 0 Å². The molecule has 0 aliphatic heterocycles. The first-order chi connectivity index (χ1) is 6.22. The summed E-state index contributed by atoms with van der Waals surface area (Å²) >= 11 is 0. The van der Waals surface area contributed by atoms with Crippen LogP contribution in [0.25, 0.3) is 0 Å². The van der Waals surface area contributed by atoms with Crippen molar-refractivity contribution in [3.63, 3.8) is 0 Å². The highest BCUT2D eigenvalue weighted by Gasteiger charge is 2.19. The third-order valence-electron chi connectivity index (χ3n) is 2.50. The Hall–Kier alpha value is -1.01. The zero-order valence-electron chi connectivity index (χ0n) is 7.62. The van der Waals surface area contributed by atoms with Gasteiger partial charge in [-0.3, -0.25) is 0 Å². The van der Waals surface area contributed by atoms with E-state index < -0.39 is 5.97 Å². The Morgan fingerprint density at radius 3 is 2.92 bits per heavy atom. The lowest BCUT2D eigenvalue weighted by molar-refractivity contribution is -0.130. The van der Waals surface area contributed by atoms with Crippen LogP contribution in [0.1, 0.15) is 25.7 Å². The van der Waals surface area contributed by atoms with Gasteiger partial charge in [-0.15, -0.1) is 0 Å². The fourth-order valence-electron chi connectivity index (χ4n) is 1.80. The molecule has 0 aromatic rings. The van der Waals surface area contributed by atoms with Gasteiger partial charge in [-0.05, 0) is 31.7 Å². The zero-order valence-corrected chi connectivity index (χ0v) is 7.62. The molecule has 3 N–H and O–H groups in total. The number of rotatable bonds is 1. The lowest BCUT2D eigenvalue weighted by Crippen LogP contribution is -2.21. The highest BCUT2D eigenvalue weighted by molar-refractivity contribution is 5.86. The molecule has 0 heterocycles. The molecule has 1 rings (SSSR count). The third-order valence-corrected chi connectivity index (χ3v) is 2.50. The third kappa shape index (κ3) is 3.47. The van der Waals surface area contributed by atoms with Gasteiger partial charge >= 0.3 is 5.97 Å². The first-order valence-electron chi connectivity index (χ1n) is 4.67. The zero-order chi connectivity index (χ0) is 9.68. The lowest BCUT2D eigenvalue weighted by Gasteiger charge is -2.24. The Morgan fingerprint density at radius 2 is 2.31 bits per heavy atom. The summed E-state index contributed by atoms with van der Waals surface area (Å²) in [5, 5.41) is 8.37. The van der Waals surface area contributed by atoms with Gasteiger partial charge in [0.2, 0.25) is 0 Å². The summed E-state index contributed by atoms with van der Waals surface area (Å²) in [5.41, 5.74) is 5.56. The number of hydrogen-bond acceptors (Lipinski definition) is 2. The SMILES string of the molecule is NC[C@@H]1CCC[C@H](C#CC(=O)O)C1. The van der Waals surface area contributed by atoms with Gasteiger partial charge in [0.15, 0.2) is 0 Å². The summed E-state index contributed by atoms with van der Waals surface area (Å²) in [6.45, 7) is 0.700. The van der Waals surface area contributed by atoms with Crippen molar-refractivity contribution in [1.29, 1.82) is 0 Å². The maximum absolute atomic E-state index is 10.2. The molecule has 1 aliphatic carbocycles. The molecule has 13 heavy (non-hydrogen) atoms. The van der Waals surface area contributed by atoms with E-state index in [1.54, 1.807) is 0 Å². The molecule has 0 radical (unpaired) electrons. The van der Waals surface area contributed by atoms with Crippen molar-refractivity contribution in [2.75, 3.05) is 6.54 Å². The summed E-state index contributed by atoms with van der Waals surface area (Å²) in [7, 11) is 0. The van der Waals surface area contributed by atoms with Crippen LogP contribution in [0.5, 0.6) is 0 Å². The Morgan fingerprint density at radius 1 is 1.54 bits per heavy atom. The number of carboxylic acid groups (broad SMARTS) is 1. The maximum Gasteiger partial charge on any atom is 0.381 e. The monoisotopic (exact) mass is 181 g/mol. The summed E-state index contributed by atoms with van der Waals surface area (Å²) < 4.78 is 0. The van der Waals surface area contributed by atoms with E-state index in [0.29, 0.717) is 12.5 Å². The molecular weight excluding hydrogens is 166 g/mol. The second kappa shape index (κ2) is 4.88. The maximum atomic E-state index is 10.2. The molecular formula is C10H15NO2. The van der Waals surface area contributed by atoms with Crippen LogP contribution < -0.4 is 5.73 Å². The predicted molar refractivity (Wildman–Crippen MR) is 49.9 cm³/mol. The first kappa shape index (κ1) is 10.1. The van der Waals surface area contributed by atoms with Crippen molar-refractivity contribution in [2.24, 2.45) is 17.6 Å². The summed E-state index contributed by atoms with van der Waals surface area (Å²) in [4.78, 5) is 10.2. The Labute approximate surface area is 78.3 Å². The summed E-state index contributed by atoms with van der Waals surface area (Å²) in [5.74, 6) is 4.73. The quantitative estimate of drug-likeness (QED) is 0.589. The van der Waals surface area contributed by atoms with E-state index in [1.165, 1.54) is 6.42 Å².